The fourth-order valence-corrected chi connectivity index (χ4v) is 3.05. The predicted molar refractivity (Wildman–Crippen MR) is 61.6 cm³/mol. The molecule has 0 bridgehead atoms. The van der Waals surface area contributed by atoms with Gasteiger partial charge >= 0.3 is 0 Å². The molecule has 1 aliphatic carbocycles. The Labute approximate surface area is 93.8 Å². The molecule has 2 unspecified atom stereocenters. The van der Waals surface area contributed by atoms with Gasteiger partial charge in [0.25, 0.3) is 0 Å². The van der Waals surface area contributed by atoms with Gasteiger partial charge in [-0.2, -0.15) is 5.10 Å². The molecule has 1 aliphatic rings. The normalized spacial score (nSPS) is 27.9. The average molecular weight is 257 g/mol. The number of hydrogen-bond acceptors (Lipinski definition) is 1. The van der Waals surface area contributed by atoms with E-state index in [2.05, 4.69) is 27.2 Å². The third-order valence-electron chi connectivity index (χ3n) is 3.07. The lowest BCUT2D eigenvalue weighted by Gasteiger charge is -2.26. The third-order valence-corrected chi connectivity index (χ3v) is 4.28. The fraction of sp³-hybridized carbons (Fsp3) is 0.727. The molecular formula is C11H17BrN2. The van der Waals surface area contributed by atoms with Gasteiger partial charge in [0.05, 0.1) is 6.20 Å². The molecule has 14 heavy (non-hydrogen) atoms. The highest BCUT2D eigenvalue weighted by Crippen LogP contribution is 2.32. The molecule has 1 aromatic rings. The van der Waals surface area contributed by atoms with Gasteiger partial charge in [-0.05, 0) is 30.7 Å². The molecule has 1 saturated carbocycles. The lowest BCUT2D eigenvalue weighted by molar-refractivity contribution is 0.373. The van der Waals surface area contributed by atoms with Crippen LogP contribution in [0.4, 0.5) is 0 Å². The molecule has 0 saturated heterocycles. The first-order valence-electron chi connectivity index (χ1n) is 5.37. The predicted octanol–water partition coefficient (Wildman–Crippen LogP) is 2.92. The number of aromatic nitrogens is 2. The SMILES string of the molecule is Cn1cc(CC2CCCCC2Br)cn1. The van der Waals surface area contributed by atoms with Crippen LogP contribution in [0, 0.1) is 5.92 Å². The highest BCUT2D eigenvalue weighted by Gasteiger charge is 2.22. The minimum Gasteiger partial charge on any atom is -0.276 e. The van der Waals surface area contributed by atoms with E-state index in [4.69, 9.17) is 0 Å². The summed E-state index contributed by atoms with van der Waals surface area (Å²) in [5, 5.41) is 4.21. The fourth-order valence-electron chi connectivity index (χ4n) is 2.27. The largest absolute Gasteiger partial charge is 0.276 e. The van der Waals surface area contributed by atoms with Crippen LogP contribution in [-0.2, 0) is 13.5 Å². The van der Waals surface area contributed by atoms with E-state index in [0.717, 1.165) is 10.7 Å². The monoisotopic (exact) mass is 256 g/mol. The Kier molecular flexibility index (Phi) is 3.26. The molecule has 0 aliphatic heterocycles. The van der Waals surface area contributed by atoms with Crippen molar-refractivity contribution in [1.82, 2.24) is 9.78 Å². The van der Waals surface area contributed by atoms with Crippen LogP contribution in [0.2, 0.25) is 0 Å². The van der Waals surface area contributed by atoms with E-state index in [1.165, 1.54) is 37.7 Å². The maximum Gasteiger partial charge on any atom is 0.0521 e. The van der Waals surface area contributed by atoms with Crippen molar-refractivity contribution < 1.29 is 0 Å². The molecule has 0 N–H and O–H groups in total. The number of hydrogen-bond donors (Lipinski definition) is 0. The second-order valence-electron chi connectivity index (χ2n) is 4.29. The Morgan fingerprint density at radius 3 is 2.93 bits per heavy atom. The Hall–Kier alpha value is -0.310. The molecule has 0 amide bonds. The number of alkyl halides is 1. The van der Waals surface area contributed by atoms with Crippen molar-refractivity contribution in [3.8, 4) is 0 Å². The highest BCUT2D eigenvalue weighted by atomic mass is 79.9. The van der Waals surface area contributed by atoms with Crippen LogP contribution >= 0.6 is 15.9 Å². The molecule has 0 spiro atoms. The van der Waals surface area contributed by atoms with E-state index in [0.29, 0.717) is 0 Å². The number of aryl methyl sites for hydroxylation is 1. The number of halogens is 1. The first-order chi connectivity index (χ1) is 6.75. The summed E-state index contributed by atoms with van der Waals surface area (Å²) in [7, 11) is 1.98. The zero-order valence-corrected chi connectivity index (χ0v) is 10.2. The van der Waals surface area contributed by atoms with Crippen LogP contribution in [0.25, 0.3) is 0 Å². The summed E-state index contributed by atoms with van der Waals surface area (Å²) in [6.07, 6.45) is 10.8. The summed E-state index contributed by atoms with van der Waals surface area (Å²) in [6.45, 7) is 0. The topological polar surface area (TPSA) is 17.8 Å². The summed E-state index contributed by atoms with van der Waals surface area (Å²) in [6, 6.07) is 0. The summed E-state index contributed by atoms with van der Waals surface area (Å²) < 4.78 is 1.89. The van der Waals surface area contributed by atoms with Crippen molar-refractivity contribution in [1.29, 1.82) is 0 Å². The average Bonchev–Trinajstić information content (AvgIpc) is 2.56. The third kappa shape index (κ3) is 2.38. The van der Waals surface area contributed by atoms with Gasteiger partial charge in [0.1, 0.15) is 0 Å². The zero-order valence-electron chi connectivity index (χ0n) is 8.62. The van der Waals surface area contributed by atoms with E-state index in [1.54, 1.807) is 0 Å². The molecule has 0 aromatic carbocycles. The van der Waals surface area contributed by atoms with Gasteiger partial charge in [-0.25, -0.2) is 0 Å². The number of nitrogens with zero attached hydrogens (tertiary/aromatic N) is 2. The lowest BCUT2D eigenvalue weighted by Crippen LogP contribution is -2.21. The standard InChI is InChI=1S/C11H17BrN2/c1-14-8-9(7-13-14)6-10-4-2-3-5-11(10)12/h7-8,10-11H,2-6H2,1H3. The molecule has 78 valence electrons. The van der Waals surface area contributed by atoms with Gasteiger partial charge in [0, 0.05) is 18.1 Å². The van der Waals surface area contributed by atoms with Crippen molar-refractivity contribution in [2.45, 2.75) is 36.9 Å². The van der Waals surface area contributed by atoms with Gasteiger partial charge < -0.3 is 0 Å². The van der Waals surface area contributed by atoms with Gasteiger partial charge in [-0.15, -0.1) is 0 Å². The number of rotatable bonds is 2. The van der Waals surface area contributed by atoms with Crippen molar-refractivity contribution >= 4 is 15.9 Å². The first kappa shape index (κ1) is 10.2. The minimum atomic E-state index is 0.719. The van der Waals surface area contributed by atoms with E-state index < -0.39 is 0 Å². The van der Waals surface area contributed by atoms with Crippen LogP contribution in [0.3, 0.4) is 0 Å². The van der Waals surface area contributed by atoms with Crippen LogP contribution in [0.15, 0.2) is 12.4 Å². The van der Waals surface area contributed by atoms with Gasteiger partial charge in [-0.3, -0.25) is 4.68 Å². The molecule has 2 nitrogen and oxygen atoms in total. The molecule has 2 atom stereocenters. The van der Waals surface area contributed by atoms with Crippen molar-refractivity contribution in [3.05, 3.63) is 18.0 Å². The van der Waals surface area contributed by atoms with Gasteiger partial charge in [-0.1, -0.05) is 28.8 Å². The van der Waals surface area contributed by atoms with Crippen LogP contribution in [0.5, 0.6) is 0 Å². The van der Waals surface area contributed by atoms with E-state index in [9.17, 15) is 0 Å². The quantitative estimate of drug-likeness (QED) is 0.745. The Bertz CT molecular complexity index is 295. The maximum atomic E-state index is 4.21. The summed E-state index contributed by atoms with van der Waals surface area (Å²) >= 11 is 3.79. The zero-order chi connectivity index (χ0) is 9.97. The molecule has 2 rings (SSSR count). The summed E-state index contributed by atoms with van der Waals surface area (Å²) in [5.41, 5.74) is 1.38. The molecule has 1 heterocycles. The van der Waals surface area contributed by atoms with Gasteiger partial charge in [0.15, 0.2) is 0 Å². The molecule has 1 fully saturated rings. The van der Waals surface area contributed by atoms with Crippen molar-refractivity contribution in [2.24, 2.45) is 13.0 Å². The minimum absolute atomic E-state index is 0.719. The van der Waals surface area contributed by atoms with Gasteiger partial charge in [0.2, 0.25) is 0 Å². The van der Waals surface area contributed by atoms with E-state index in [-0.39, 0.29) is 0 Å². The van der Waals surface area contributed by atoms with E-state index in [1.807, 2.05) is 17.9 Å². The summed E-state index contributed by atoms with van der Waals surface area (Å²) in [5.74, 6) is 0.813. The highest BCUT2D eigenvalue weighted by molar-refractivity contribution is 9.09. The van der Waals surface area contributed by atoms with Crippen LogP contribution in [-0.4, -0.2) is 14.6 Å². The Morgan fingerprint density at radius 2 is 2.29 bits per heavy atom. The van der Waals surface area contributed by atoms with Crippen LogP contribution in [0.1, 0.15) is 31.2 Å². The molecule has 0 radical (unpaired) electrons. The van der Waals surface area contributed by atoms with Crippen molar-refractivity contribution in [3.63, 3.8) is 0 Å². The second-order valence-corrected chi connectivity index (χ2v) is 5.46. The second kappa shape index (κ2) is 4.47. The smallest absolute Gasteiger partial charge is 0.0521 e. The molecule has 3 heteroatoms. The molecular weight excluding hydrogens is 240 g/mol. The Morgan fingerprint density at radius 1 is 1.50 bits per heavy atom. The first-order valence-corrected chi connectivity index (χ1v) is 6.29. The lowest BCUT2D eigenvalue weighted by atomic mass is 9.85. The maximum absolute atomic E-state index is 4.21. The molecule has 1 aromatic heterocycles. The van der Waals surface area contributed by atoms with Crippen molar-refractivity contribution in [2.75, 3.05) is 0 Å². The van der Waals surface area contributed by atoms with E-state index >= 15 is 0 Å². The summed E-state index contributed by atoms with van der Waals surface area (Å²) in [4.78, 5) is 0.719. The van der Waals surface area contributed by atoms with Crippen LogP contribution < -0.4 is 0 Å². The Balaban J connectivity index is 1.95.